The molecule has 0 aliphatic carbocycles. The molecule has 21 heavy (non-hydrogen) atoms. The average Bonchev–Trinajstić information content (AvgIpc) is 2.42. The van der Waals surface area contributed by atoms with Crippen molar-refractivity contribution in [3.05, 3.63) is 0 Å². The highest BCUT2D eigenvalue weighted by Gasteiger charge is 2.17. The summed E-state index contributed by atoms with van der Waals surface area (Å²) in [5, 5.41) is 2.70. The van der Waals surface area contributed by atoms with Gasteiger partial charge in [0.25, 0.3) is 0 Å². The molecule has 0 aliphatic heterocycles. The molecule has 0 aromatic rings. The first-order valence-electron chi connectivity index (χ1n) is 7.62. The topological polar surface area (TPSA) is 84.7 Å². The van der Waals surface area contributed by atoms with Crippen LogP contribution in [0.2, 0.25) is 0 Å². The van der Waals surface area contributed by atoms with Gasteiger partial charge in [0.2, 0.25) is 11.8 Å². The first-order chi connectivity index (χ1) is 9.92. The Bertz CT molecular complexity index is 309. The zero-order valence-corrected chi connectivity index (χ0v) is 13.9. The summed E-state index contributed by atoms with van der Waals surface area (Å²) in [7, 11) is 3.24. The van der Waals surface area contributed by atoms with Crippen LogP contribution < -0.4 is 11.1 Å². The Hall–Kier alpha value is -1.14. The Morgan fingerprint density at radius 2 is 1.95 bits per heavy atom. The second kappa shape index (κ2) is 11.5. The summed E-state index contributed by atoms with van der Waals surface area (Å²) in [6.07, 6.45) is 2.22. The lowest BCUT2D eigenvalue weighted by Crippen LogP contribution is -2.39. The fourth-order valence-electron chi connectivity index (χ4n) is 2.18. The third kappa shape index (κ3) is 9.42. The maximum Gasteiger partial charge on any atom is 0.239 e. The van der Waals surface area contributed by atoms with E-state index in [4.69, 9.17) is 10.5 Å². The van der Waals surface area contributed by atoms with E-state index >= 15 is 0 Å². The van der Waals surface area contributed by atoms with Crippen molar-refractivity contribution >= 4 is 11.8 Å². The number of amides is 2. The SMILES string of the molecule is COCCNC(=O)CN(C)C(=O)CCC(CCN)C(C)C. The van der Waals surface area contributed by atoms with Crippen LogP contribution in [0, 0.1) is 11.8 Å². The molecule has 124 valence electrons. The third-order valence-electron chi connectivity index (χ3n) is 3.64. The van der Waals surface area contributed by atoms with Gasteiger partial charge < -0.3 is 20.7 Å². The summed E-state index contributed by atoms with van der Waals surface area (Å²) in [4.78, 5) is 25.1. The summed E-state index contributed by atoms with van der Waals surface area (Å²) in [6.45, 7) is 5.97. The first-order valence-corrected chi connectivity index (χ1v) is 7.62. The van der Waals surface area contributed by atoms with Gasteiger partial charge in [0.1, 0.15) is 0 Å². The summed E-state index contributed by atoms with van der Waals surface area (Å²) in [5.74, 6) is 0.816. The molecule has 0 heterocycles. The molecular weight excluding hydrogens is 270 g/mol. The molecule has 6 nitrogen and oxygen atoms in total. The van der Waals surface area contributed by atoms with E-state index in [-0.39, 0.29) is 18.4 Å². The van der Waals surface area contributed by atoms with Crippen LogP contribution in [0.15, 0.2) is 0 Å². The van der Waals surface area contributed by atoms with Crippen LogP contribution >= 0.6 is 0 Å². The fourth-order valence-corrected chi connectivity index (χ4v) is 2.18. The van der Waals surface area contributed by atoms with Crippen LogP contribution in [0.25, 0.3) is 0 Å². The van der Waals surface area contributed by atoms with Gasteiger partial charge in [-0.05, 0) is 31.2 Å². The van der Waals surface area contributed by atoms with E-state index in [9.17, 15) is 9.59 Å². The van der Waals surface area contributed by atoms with Crippen molar-refractivity contribution in [2.24, 2.45) is 17.6 Å². The number of methoxy groups -OCH3 is 1. The van der Waals surface area contributed by atoms with Gasteiger partial charge >= 0.3 is 0 Å². The second-order valence-electron chi connectivity index (χ2n) is 5.71. The van der Waals surface area contributed by atoms with Crippen molar-refractivity contribution in [1.29, 1.82) is 0 Å². The van der Waals surface area contributed by atoms with Crippen LogP contribution in [-0.2, 0) is 14.3 Å². The normalized spacial score (nSPS) is 12.3. The van der Waals surface area contributed by atoms with Gasteiger partial charge in [0.05, 0.1) is 13.2 Å². The smallest absolute Gasteiger partial charge is 0.239 e. The Balaban J connectivity index is 4.06. The zero-order valence-electron chi connectivity index (χ0n) is 13.9. The summed E-state index contributed by atoms with van der Waals surface area (Å²) in [6, 6.07) is 0. The van der Waals surface area contributed by atoms with E-state index in [1.54, 1.807) is 14.2 Å². The molecule has 1 unspecified atom stereocenters. The standard InChI is InChI=1S/C15H31N3O3/c1-12(2)13(7-8-16)5-6-15(20)18(3)11-14(19)17-9-10-21-4/h12-13H,5-11,16H2,1-4H3,(H,17,19). The first kappa shape index (κ1) is 19.9. The van der Waals surface area contributed by atoms with Crippen molar-refractivity contribution in [1.82, 2.24) is 10.2 Å². The minimum atomic E-state index is -0.162. The monoisotopic (exact) mass is 301 g/mol. The van der Waals surface area contributed by atoms with Gasteiger partial charge in [-0.15, -0.1) is 0 Å². The summed E-state index contributed by atoms with van der Waals surface area (Å²) in [5.41, 5.74) is 5.60. The van der Waals surface area contributed by atoms with Gasteiger partial charge in [-0.1, -0.05) is 13.8 Å². The van der Waals surface area contributed by atoms with Crippen molar-refractivity contribution in [2.75, 3.05) is 40.4 Å². The molecular formula is C15H31N3O3. The summed E-state index contributed by atoms with van der Waals surface area (Å²) < 4.78 is 4.85. The predicted octanol–water partition coefficient (Wildman–Crippen LogP) is 0.609. The Morgan fingerprint density at radius 3 is 2.48 bits per heavy atom. The lowest BCUT2D eigenvalue weighted by atomic mass is 9.88. The number of hydrogen-bond acceptors (Lipinski definition) is 4. The Morgan fingerprint density at radius 1 is 1.29 bits per heavy atom. The molecule has 6 heteroatoms. The van der Waals surface area contributed by atoms with Crippen molar-refractivity contribution in [3.63, 3.8) is 0 Å². The zero-order chi connectivity index (χ0) is 16.3. The lowest BCUT2D eigenvalue weighted by molar-refractivity contribution is -0.135. The molecule has 0 fully saturated rings. The van der Waals surface area contributed by atoms with Gasteiger partial charge in [-0.3, -0.25) is 9.59 Å². The van der Waals surface area contributed by atoms with E-state index < -0.39 is 0 Å². The molecule has 0 bridgehead atoms. The van der Waals surface area contributed by atoms with Gasteiger partial charge in [-0.2, -0.15) is 0 Å². The number of likely N-dealkylation sites (N-methyl/N-ethyl adjacent to an activating group) is 1. The Labute approximate surface area is 128 Å². The van der Waals surface area contributed by atoms with E-state index in [0.717, 1.165) is 12.8 Å². The number of carbonyl (C=O) groups is 2. The molecule has 0 aromatic heterocycles. The predicted molar refractivity (Wildman–Crippen MR) is 83.8 cm³/mol. The van der Waals surface area contributed by atoms with E-state index in [0.29, 0.717) is 38.0 Å². The number of nitrogens with two attached hydrogens (primary N) is 1. The third-order valence-corrected chi connectivity index (χ3v) is 3.64. The van der Waals surface area contributed by atoms with Crippen molar-refractivity contribution < 1.29 is 14.3 Å². The number of nitrogens with zero attached hydrogens (tertiary/aromatic N) is 1. The minimum Gasteiger partial charge on any atom is -0.383 e. The number of carbonyl (C=O) groups excluding carboxylic acids is 2. The highest BCUT2D eigenvalue weighted by atomic mass is 16.5. The minimum absolute atomic E-state index is 0.000405. The molecule has 3 N–H and O–H groups in total. The molecule has 1 atom stereocenters. The lowest BCUT2D eigenvalue weighted by Gasteiger charge is -2.22. The van der Waals surface area contributed by atoms with Crippen LogP contribution in [0.3, 0.4) is 0 Å². The van der Waals surface area contributed by atoms with Crippen LogP contribution in [-0.4, -0.2) is 57.1 Å². The largest absolute Gasteiger partial charge is 0.383 e. The molecule has 0 radical (unpaired) electrons. The molecule has 0 saturated heterocycles. The Kier molecular flexibility index (Phi) is 10.9. The number of rotatable bonds is 11. The van der Waals surface area contributed by atoms with E-state index in [2.05, 4.69) is 19.2 Å². The van der Waals surface area contributed by atoms with Gasteiger partial charge in [0.15, 0.2) is 0 Å². The average molecular weight is 301 g/mol. The number of hydrogen-bond donors (Lipinski definition) is 2. The number of ether oxygens (including phenoxy) is 1. The van der Waals surface area contributed by atoms with Crippen molar-refractivity contribution in [2.45, 2.75) is 33.1 Å². The van der Waals surface area contributed by atoms with Gasteiger partial charge in [0, 0.05) is 27.1 Å². The van der Waals surface area contributed by atoms with E-state index in [1.165, 1.54) is 4.90 Å². The molecule has 0 rings (SSSR count). The molecule has 0 aliphatic rings. The van der Waals surface area contributed by atoms with Crippen LogP contribution in [0.4, 0.5) is 0 Å². The highest BCUT2D eigenvalue weighted by molar-refractivity contribution is 5.84. The van der Waals surface area contributed by atoms with Crippen LogP contribution in [0.1, 0.15) is 33.1 Å². The molecule has 0 saturated carbocycles. The maximum absolute atomic E-state index is 12.0. The summed E-state index contributed by atoms with van der Waals surface area (Å²) >= 11 is 0. The fraction of sp³-hybridized carbons (Fsp3) is 0.867. The second-order valence-corrected chi connectivity index (χ2v) is 5.71. The molecule has 0 spiro atoms. The molecule has 0 aromatic carbocycles. The van der Waals surface area contributed by atoms with Crippen LogP contribution in [0.5, 0.6) is 0 Å². The van der Waals surface area contributed by atoms with E-state index in [1.807, 2.05) is 0 Å². The quantitative estimate of drug-likeness (QED) is 0.548. The van der Waals surface area contributed by atoms with Crippen molar-refractivity contribution in [3.8, 4) is 0 Å². The maximum atomic E-state index is 12.0. The number of nitrogens with one attached hydrogen (secondary N) is 1. The van der Waals surface area contributed by atoms with Gasteiger partial charge in [-0.25, -0.2) is 0 Å². The molecule has 2 amide bonds. The highest BCUT2D eigenvalue weighted by Crippen LogP contribution is 2.20.